The number of nitrogens with zero attached hydrogens (tertiary/aromatic N) is 1. The van der Waals surface area contributed by atoms with Crippen LogP contribution in [0.4, 0.5) is 8.78 Å². The first-order valence-corrected chi connectivity index (χ1v) is 5.23. The van der Waals surface area contributed by atoms with E-state index in [9.17, 15) is 13.9 Å². The minimum atomic E-state index is -2.58. The summed E-state index contributed by atoms with van der Waals surface area (Å²) in [5.74, 6) is 0.0105. The Morgan fingerprint density at radius 2 is 2.18 bits per heavy atom. The van der Waals surface area contributed by atoms with Gasteiger partial charge >= 0.3 is 0 Å². The molecule has 1 aromatic rings. The molecule has 0 saturated carbocycles. The minimum Gasteiger partial charge on any atom is -0.507 e. The molecule has 0 bridgehead atoms. The third-order valence-electron chi connectivity index (χ3n) is 2.06. The molecule has 0 spiro atoms. The quantitative estimate of drug-likeness (QED) is 0.668. The molecule has 94 valence electrons. The molecule has 0 fully saturated rings. The molecule has 1 aromatic carbocycles. The number of aromatic hydroxyl groups is 1. The van der Waals surface area contributed by atoms with Crippen molar-refractivity contribution in [3.63, 3.8) is 0 Å². The number of benzene rings is 1. The number of phenolic OH excluding ortho intramolecular Hbond substituents is 1. The summed E-state index contributed by atoms with van der Waals surface area (Å²) in [6.45, 7) is 2.44. The van der Waals surface area contributed by atoms with Gasteiger partial charge in [0.25, 0.3) is 6.43 Å². The molecule has 0 aliphatic carbocycles. The summed E-state index contributed by atoms with van der Waals surface area (Å²) < 4.78 is 23.7. The number of halogens is 3. The summed E-state index contributed by atoms with van der Waals surface area (Å²) in [6.07, 6.45) is -2.58. The molecule has 0 heterocycles. The molecule has 1 rings (SSSR count). The maximum Gasteiger partial charge on any atom is 0.274 e. The van der Waals surface area contributed by atoms with Gasteiger partial charge in [-0.25, -0.2) is 8.78 Å². The molecule has 0 atom stereocenters. The van der Waals surface area contributed by atoms with Gasteiger partial charge < -0.3 is 9.94 Å². The van der Waals surface area contributed by atoms with E-state index in [-0.39, 0.29) is 11.5 Å². The van der Waals surface area contributed by atoms with Crippen molar-refractivity contribution in [2.45, 2.75) is 20.3 Å². The average molecular weight is 264 g/mol. The summed E-state index contributed by atoms with van der Waals surface area (Å²) in [4.78, 5) is 4.43. The van der Waals surface area contributed by atoms with Crippen molar-refractivity contribution < 1.29 is 18.7 Å². The van der Waals surface area contributed by atoms with Crippen molar-refractivity contribution in [2.24, 2.45) is 5.16 Å². The molecule has 0 aliphatic heterocycles. The van der Waals surface area contributed by atoms with Gasteiger partial charge in [0.15, 0.2) is 6.61 Å². The van der Waals surface area contributed by atoms with Gasteiger partial charge in [0.2, 0.25) is 0 Å². The number of oxime groups is 1. The third kappa shape index (κ3) is 3.85. The SMILES string of the molecule is C/C(=N\OCC(F)F)c1cc(Cl)cc(C)c1O. The molecule has 0 unspecified atom stereocenters. The molecule has 0 aromatic heterocycles. The van der Waals surface area contributed by atoms with Crippen molar-refractivity contribution in [3.05, 3.63) is 28.3 Å². The van der Waals surface area contributed by atoms with E-state index in [1.54, 1.807) is 13.0 Å². The summed E-state index contributed by atoms with van der Waals surface area (Å²) in [5, 5.41) is 13.7. The summed E-state index contributed by atoms with van der Waals surface area (Å²) in [7, 11) is 0. The maximum atomic E-state index is 11.8. The van der Waals surface area contributed by atoms with Crippen LogP contribution in [0.2, 0.25) is 5.02 Å². The standard InChI is InChI=1S/C11H12ClF2NO2/c1-6-3-8(12)4-9(11(6)16)7(2)15-17-5-10(13)14/h3-4,10,16H,5H2,1-2H3/b15-7+. The zero-order valence-electron chi connectivity index (χ0n) is 9.38. The van der Waals surface area contributed by atoms with Crippen molar-refractivity contribution in [2.75, 3.05) is 6.61 Å². The van der Waals surface area contributed by atoms with Crippen LogP contribution in [-0.2, 0) is 4.84 Å². The van der Waals surface area contributed by atoms with Crippen LogP contribution in [0.1, 0.15) is 18.1 Å². The fraction of sp³-hybridized carbons (Fsp3) is 0.364. The molecular formula is C11H12ClF2NO2. The lowest BCUT2D eigenvalue weighted by Gasteiger charge is -2.07. The second kappa shape index (κ2) is 5.82. The van der Waals surface area contributed by atoms with Crippen LogP contribution < -0.4 is 0 Å². The minimum absolute atomic E-state index is 0.0105. The highest BCUT2D eigenvalue weighted by atomic mass is 35.5. The van der Waals surface area contributed by atoms with Crippen LogP contribution in [-0.4, -0.2) is 23.9 Å². The van der Waals surface area contributed by atoms with Crippen molar-refractivity contribution in [3.8, 4) is 5.75 Å². The largest absolute Gasteiger partial charge is 0.507 e. The van der Waals surface area contributed by atoms with E-state index in [0.717, 1.165) is 0 Å². The Morgan fingerprint density at radius 1 is 1.53 bits per heavy atom. The summed E-state index contributed by atoms with van der Waals surface area (Å²) in [6, 6.07) is 3.09. The van der Waals surface area contributed by atoms with Crippen LogP contribution >= 0.6 is 11.6 Å². The maximum absolute atomic E-state index is 11.8. The first kappa shape index (κ1) is 13.7. The van der Waals surface area contributed by atoms with Gasteiger partial charge in [-0.1, -0.05) is 16.8 Å². The van der Waals surface area contributed by atoms with Crippen LogP contribution in [0.5, 0.6) is 5.75 Å². The Labute approximate surface area is 103 Å². The van der Waals surface area contributed by atoms with Gasteiger partial charge in [-0.2, -0.15) is 0 Å². The van der Waals surface area contributed by atoms with Crippen molar-refractivity contribution in [1.82, 2.24) is 0 Å². The van der Waals surface area contributed by atoms with E-state index in [1.807, 2.05) is 0 Å². The van der Waals surface area contributed by atoms with E-state index in [4.69, 9.17) is 11.6 Å². The van der Waals surface area contributed by atoms with E-state index >= 15 is 0 Å². The number of phenols is 1. The average Bonchev–Trinajstić information content (AvgIpc) is 2.22. The molecule has 0 saturated heterocycles. The number of rotatable bonds is 4. The molecule has 3 nitrogen and oxygen atoms in total. The third-order valence-corrected chi connectivity index (χ3v) is 2.28. The van der Waals surface area contributed by atoms with Crippen LogP contribution in [0.25, 0.3) is 0 Å². The lowest BCUT2D eigenvalue weighted by Crippen LogP contribution is -2.03. The Morgan fingerprint density at radius 3 is 2.76 bits per heavy atom. The van der Waals surface area contributed by atoms with Gasteiger partial charge in [0, 0.05) is 10.6 Å². The zero-order chi connectivity index (χ0) is 13.0. The molecular weight excluding hydrogens is 252 g/mol. The molecule has 1 N–H and O–H groups in total. The first-order chi connectivity index (χ1) is 7.91. The van der Waals surface area contributed by atoms with Crippen LogP contribution in [0.15, 0.2) is 17.3 Å². The number of aryl methyl sites for hydroxylation is 1. The van der Waals surface area contributed by atoms with Gasteiger partial charge in [-0.3, -0.25) is 0 Å². The Hall–Kier alpha value is -1.36. The fourth-order valence-electron chi connectivity index (χ4n) is 1.25. The molecule has 0 radical (unpaired) electrons. The lowest BCUT2D eigenvalue weighted by molar-refractivity contribution is 0.0203. The van der Waals surface area contributed by atoms with Crippen molar-refractivity contribution in [1.29, 1.82) is 0 Å². The zero-order valence-corrected chi connectivity index (χ0v) is 10.1. The van der Waals surface area contributed by atoms with Crippen LogP contribution in [0, 0.1) is 6.92 Å². The van der Waals surface area contributed by atoms with Gasteiger partial charge in [-0.15, -0.1) is 0 Å². The summed E-state index contributed by atoms with van der Waals surface area (Å²) >= 11 is 5.82. The van der Waals surface area contributed by atoms with E-state index in [0.29, 0.717) is 16.1 Å². The Bertz CT molecular complexity index is 436. The Balaban J connectivity index is 2.92. The number of alkyl halides is 2. The normalized spacial score (nSPS) is 12.0. The Kier molecular flexibility index (Phi) is 4.69. The second-order valence-corrected chi connectivity index (χ2v) is 3.92. The number of hydrogen-bond donors (Lipinski definition) is 1. The summed E-state index contributed by atoms with van der Waals surface area (Å²) in [5.41, 5.74) is 1.23. The van der Waals surface area contributed by atoms with Crippen LogP contribution in [0.3, 0.4) is 0 Å². The predicted molar refractivity (Wildman–Crippen MR) is 62.0 cm³/mol. The topological polar surface area (TPSA) is 41.8 Å². The van der Waals surface area contributed by atoms with E-state index in [1.165, 1.54) is 13.0 Å². The predicted octanol–water partition coefficient (Wildman–Crippen LogP) is 3.36. The van der Waals surface area contributed by atoms with Gasteiger partial charge in [0.1, 0.15) is 5.75 Å². The fourth-order valence-corrected chi connectivity index (χ4v) is 1.52. The molecule has 0 aliphatic rings. The monoisotopic (exact) mass is 263 g/mol. The van der Waals surface area contributed by atoms with Gasteiger partial charge in [0.05, 0.1) is 5.71 Å². The van der Waals surface area contributed by atoms with E-state index in [2.05, 4.69) is 9.99 Å². The molecule has 6 heteroatoms. The molecule has 0 amide bonds. The van der Waals surface area contributed by atoms with Gasteiger partial charge in [-0.05, 0) is 31.5 Å². The highest BCUT2D eigenvalue weighted by molar-refractivity contribution is 6.31. The second-order valence-electron chi connectivity index (χ2n) is 3.48. The first-order valence-electron chi connectivity index (χ1n) is 4.86. The molecule has 17 heavy (non-hydrogen) atoms. The van der Waals surface area contributed by atoms with E-state index < -0.39 is 13.0 Å². The number of hydrogen-bond acceptors (Lipinski definition) is 3. The highest BCUT2D eigenvalue weighted by Crippen LogP contribution is 2.27. The smallest absolute Gasteiger partial charge is 0.274 e. The highest BCUT2D eigenvalue weighted by Gasteiger charge is 2.10. The lowest BCUT2D eigenvalue weighted by atomic mass is 10.1. The van der Waals surface area contributed by atoms with Crippen molar-refractivity contribution >= 4 is 17.3 Å².